The van der Waals surface area contributed by atoms with Crippen molar-refractivity contribution in [3.63, 3.8) is 0 Å². The van der Waals surface area contributed by atoms with Crippen molar-refractivity contribution in [1.29, 1.82) is 0 Å². The molecule has 0 bridgehead atoms. The van der Waals surface area contributed by atoms with Crippen LogP contribution in [0.4, 0.5) is 10.1 Å². The highest BCUT2D eigenvalue weighted by Crippen LogP contribution is 2.32. The fourth-order valence-corrected chi connectivity index (χ4v) is 2.22. The maximum absolute atomic E-state index is 13.1. The lowest BCUT2D eigenvalue weighted by molar-refractivity contribution is 0.623. The van der Waals surface area contributed by atoms with Gasteiger partial charge in [0, 0.05) is 6.04 Å². The van der Waals surface area contributed by atoms with Gasteiger partial charge in [-0.15, -0.1) is 0 Å². The minimum Gasteiger partial charge on any atom is -0.376 e. The third kappa shape index (κ3) is 2.95. The Morgan fingerprint density at radius 2 is 1.67 bits per heavy atom. The molecule has 0 fully saturated rings. The van der Waals surface area contributed by atoms with Crippen LogP contribution in [0, 0.1) is 5.82 Å². The van der Waals surface area contributed by atoms with Crippen LogP contribution in [0.1, 0.15) is 18.5 Å². The summed E-state index contributed by atoms with van der Waals surface area (Å²) in [5.41, 5.74) is 1.50. The normalized spacial score (nSPS) is 12.2. The van der Waals surface area contributed by atoms with E-state index in [1.165, 1.54) is 12.1 Å². The lowest BCUT2D eigenvalue weighted by Crippen LogP contribution is -2.07. The summed E-state index contributed by atoms with van der Waals surface area (Å²) in [7, 11) is 0. The molecular formula is C14H12Cl2FN. The van der Waals surface area contributed by atoms with Crippen LogP contribution in [-0.4, -0.2) is 0 Å². The predicted molar refractivity (Wildman–Crippen MR) is 74.9 cm³/mol. The standard InChI is InChI=1S/C14H12Cl2FN/c1-9(10-4-2-5-11(17)8-10)18-14-12(15)6-3-7-13(14)16/h2-9,18H,1H3. The van der Waals surface area contributed by atoms with E-state index in [1.807, 2.05) is 13.0 Å². The monoisotopic (exact) mass is 283 g/mol. The molecule has 2 aromatic carbocycles. The Morgan fingerprint density at radius 1 is 1.06 bits per heavy atom. The van der Waals surface area contributed by atoms with E-state index in [-0.39, 0.29) is 11.9 Å². The number of para-hydroxylation sites is 1. The smallest absolute Gasteiger partial charge is 0.123 e. The van der Waals surface area contributed by atoms with Crippen molar-refractivity contribution in [2.45, 2.75) is 13.0 Å². The zero-order valence-corrected chi connectivity index (χ0v) is 11.3. The fraction of sp³-hybridized carbons (Fsp3) is 0.143. The first-order valence-electron chi connectivity index (χ1n) is 5.54. The van der Waals surface area contributed by atoms with Gasteiger partial charge in [-0.1, -0.05) is 41.4 Å². The minimum atomic E-state index is -0.258. The molecule has 4 heteroatoms. The molecule has 94 valence electrons. The molecule has 1 N–H and O–H groups in total. The van der Waals surface area contributed by atoms with Crippen LogP contribution in [-0.2, 0) is 0 Å². The van der Waals surface area contributed by atoms with Gasteiger partial charge in [0.1, 0.15) is 5.82 Å². The second-order valence-electron chi connectivity index (χ2n) is 4.02. The molecule has 0 heterocycles. The first-order valence-corrected chi connectivity index (χ1v) is 6.29. The molecule has 0 saturated carbocycles. The van der Waals surface area contributed by atoms with E-state index in [2.05, 4.69) is 5.32 Å². The highest BCUT2D eigenvalue weighted by molar-refractivity contribution is 6.39. The van der Waals surface area contributed by atoms with Crippen LogP contribution >= 0.6 is 23.2 Å². The van der Waals surface area contributed by atoms with Crippen LogP contribution in [0.5, 0.6) is 0 Å². The third-order valence-electron chi connectivity index (χ3n) is 2.67. The highest BCUT2D eigenvalue weighted by Gasteiger charge is 2.10. The molecule has 0 aliphatic carbocycles. The minimum absolute atomic E-state index is 0.0851. The molecule has 0 radical (unpaired) electrons. The number of anilines is 1. The van der Waals surface area contributed by atoms with Crippen molar-refractivity contribution in [1.82, 2.24) is 0 Å². The highest BCUT2D eigenvalue weighted by atomic mass is 35.5. The van der Waals surface area contributed by atoms with Gasteiger partial charge in [0.15, 0.2) is 0 Å². The van der Waals surface area contributed by atoms with Crippen molar-refractivity contribution < 1.29 is 4.39 Å². The van der Waals surface area contributed by atoms with E-state index in [1.54, 1.807) is 24.3 Å². The molecule has 0 saturated heterocycles. The second kappa shape index (κ2) is 5.59. The van der Waals surface area contributed by atoms with E-state index < -0.39 is 0 Å². The van der Waals surface area contributed by atoms with Crippen LogP contribution < -0.4 is 5.32 Å². The summed E-state index contributed by atoms with van der Waals surface area (Å²) in [5.74, 6) is -0.258. The average molecular weight is 284 g/mol. The molecule has 2 aromatic rings. The predicted octanol–water partition coefficient (Wildman–Crippen LogP) is 5.31. The van der Waals surface area contributed by atoms with E-state index >= 15 is 0 Å². The summed E-state index contributed by atoms with van der Waals surface area (Å²) in [5, 5.41) is 4.29. The summed E-state index contributed by atoms with van der Waals surface area (Å²) in [6.07, 6.45) is 0. The van der Waals surface area contributed by atoms with E-state index in [9.17, 15) is 4.39 Å². The Hall–Kier alpha value is -1.25. The molecule has 2 rings (SSSR count). The van der Waals surface area contributed by atoms with Crippen molar-refractivity contribution in [3.05, 3.63) is 63.9 Å². The van der Waals surface area contributed by atoms with Crippen LogP contribution in [0.15, 0.2) is 42.5 Å². The van der Waals surface area contributed by atoms with E-state index in [0.29, 0.717) is 15.7 Å². The second-order valence-corrected chi connectivity index (χ2v) is 4.83. The number of hydrogen-bond acceptors (Lipinski definition) is 1. The molecule has 1 nitrogen and oxygen atoms in total. The molecule has 0 amide bonds. The Kier molecular flexibility index (Phi) is 4.10. The molecule has 1 atom stereocenters. The van der Waals surface area contributed by atoms with Gasteiger partial charge in [0.05, 0.1) is 15.7 Å². The maximum Gasteiger partial charge on any atom is 0.123 e. The van der Waals surface area contributed by atoms with Crippen LogP contribution in [0.25, 0.3) is 0 Å². The lowest BCUT2D eigenvalue weighted by Gasteiger charge is -2.17. The first kappa shape index (κ1) is 13.2. The largest absolute Gasteiger partial charge is 0.376 e. The fourth-order valence-electron chi connectivity index (χ4n) is 1.71. The van der Waals surface area contributed by atoms with Gasteiger partial charge in [-0.05, 0) is 36.8 Å². The number of benzene rings is 2. The SMILES string of the molecule is CC(Nc1c(Cl)cccc1Cl)c1cccc(F)c1. The molecular weight excluding hydrogens is 272 g/mol. The van der Waals surface area contributed by atoms with Gasteiger partial charge in [-0.2, -0.15) is 0 Å². The van der Waals surface area contributed by atoms with E-state index in [4.69, 9.17) is 23.2 Å². The molecule has 0 aromatic heterocycles. The summed E-state index contributed by atoms with van der Waals surface area (Å²) in [6, 6.07) is 11.6. The zero-order valence-electron chi connectivity index (χ0n) is 9.75. The van der Waals surface area contributed by atoms with Crippen LogP contribution in [0.3, 0.4) is 0 Å². The Labute approximate surface area is 116 Å². The lowest BCUT2D eigenvalue weighted by atomic mass is 10.1. The Morgan fingerprint density at radius 3 is 2.28 bits per heavy atom. The van der Waals surface area contributed by atoms with Crippen molar-refractivity contribution in [3.8, 4) is 0 Å². The van der Waals surface area contributed by atoms with Gasteiger partial charge < -0.3 is 5.32 Å². The number of halogens is 3. The number of rotatable bonds is 3. The number of hydrogen-bond donors (Lipinski definition) is 1. The summed E-state index contributed by atoms with van der Waals surface area (Å²) >= 11 is 12.1. The molecule has 0 aliphatic rings. The Balaban J connectivity index is 2.24. The van der Waals surface area contributed by atoms with Crippen molar-refractivity contribution in [2.75, 3.05) is 5.32 Å². The zero-order chi connectivity index (χ0) is 13.1. The van der Waals surface area contributed by atoms with Crippen LogP contribution in [0.2, 0.25) is 10.0 Å². The van der Waals surface area contributed by atoms with Gasteiger partial charge in [-0.3, -0.25) is 0 Å². The Bertz CT molecular complexity index is 537. The third-order valence-corrected chi connectivity index (χ3v) is 3.30. The quantitative estimate of drug-likeness (QED) is 0.805. The van der Waals surface area contributed by atoms with E-state index in [0.717, 1.165) is 5.56 Å². The van der Waals surface area contributed by atoms with Gasteiger partial charge in [-0.25, -0.2) is 4.39 Å². The van der Waals surface area contributed by atoms with Crippen molar-refractivity contribution in [2.24, 2.45) is 0 Å². The topological polar surface area (TPSA) is 12.0 Å². The summed E-state index contributed by atoms with van der Waals surface area (Å²) in [4.78, 5) is 0. The average Bonchev–Trinajstić information content (AvgIpc) is 2.34. The molecule has 1 unspecified atom stereocenters. The van der Waals surface area contributed by atoms with Gasteiger partial charge in [0.2, 0.25) is 0 Å². The molecule has 0 aliphatic heterocycles. The molecule has 0 spiro atoms. The molecule has 18 heavy (non-hydrogen) atoms. The summed E-state index contributed by atoms with van der Waals surface area (Å²) in [6.45, 7) is 1.93. The van der Waals surface area contributed by atoms with Crippen molar-refractivity contribution >= 4 is 28.9 Å². The van der Waals surface area contributed by atoms with Gasteiger partial charge in [0.25, 0.3) is 0 Å². The first-order chi connectivity index (χ1) is 8.58. The maximum atomic E-state index is 13.1. The summed E-state index contributed by atoms with van der Waals surface area (Å²) < 4.78 is 13.1. The van der Waals surface area contributed by atoms with Gasteiger partial charge >= 0.3 is 0 Å². The number of nitrogens with one attached hydrogen (secondary N) is 1.